The minimum absolute atomic E-state index is 0.114. The van der Waals surface area contributed by atoms with E-state index in [1.165, 1.54) is 6.92 Å². The van der Waals surface area contributed by atoms with Crippen molar-refractivity contribution in [2.75, 3.05) is 0 Å². The van der Waals surface area contributed by atoms with Crippen molar-refractivity contribution in [1.29, 1.82) is 0 Å². The van der Waals surface area contributed by atoms with Crippen molar-refractivity contribution >= 4 is 38.0 Å². The van der Waals surface area contributed by atoms with E-state index >= 15 is 0 Å². The molecule has 0 aromatic heterocycles. The lowest BCUT2D eigenvalue weighted by molar-refractivity contribution is -0.131. The summed E-state index contributed by atoms with van der Waals surface area (Å²) in [4.78, 5) is 9.88. The molecule has 0 aromatic carbocycles. The minimum atomic E-state index is -1.24. The summed E-state index contributed by atoms with van der Waals surface area (Å²) in [6.07, 6.45) is 0. The smallest absolute Gasteiger partial charge is 0.491 e. The van der Waals surface area contributed by atoms with Gasteiger partial charge in [0.05, 0.1) is 7.11 Å². The van der Waals surface area contributed by atoms with E-state index in [9.17, 15) is 4.79 Å². The monoisotopic (exact) mass is 221 g/mol. The van der Waals surface area contributed by atoms with Gasteiger partial charge >= 0.3 is 14.9 Å². The van der Waals surface area contributed by atoms with Gasteiger partial charge in [0.15, 0.2) is 8.32 Å². The molecule has 0 bridgehead atoms. The highest BCUT2D eigenvalue weighted by Gasteiger charge is 2.09. The highest BCUT2D eigenvalue weighted by atomic mass is 28.7. The van der Waals surface area contributed by atoms with E-state index in [4.69, 9.17) is 4.43 Å². The van der Waals surface area contributed by atoms with Crippen LogP contribution in [-0.2, 0) is 13.0 Å². The maximum Gasteiger partial charge on any atom is 0.491 e. The fraction of sp³-hybridized carbons (Fsp3) is 0.667. The third kappa shape index (κ3) is 22.4. The van der Waals surface area contributed by atoms with Crippen LogP contribution in [0.15, 0.2) is 0 Å². The van der Waals surface area contributed by atoms with Crippen molar-refractivity contribution in [1.82, 2.24) is 0 Å². The molecule has 6 heteroatoms. The number of hydrogen-bond donors (Lipinski definition) is 0. The number of carbonyl (C=O) groups excluding carboxylic acids is 1. The van der Waals surface area contributed by atoms with Crippen LogP contribution in [0.4, 0.5) is 0 Å². The predicted molar refractivity (Wildman–Crippen MR) is 58.6 cm³/mol. The largest absolute Gasteiger partial charge is 0.622 e. The Morgan fingerprint density at radius 1 is 1.50 bits per heavy atom. The van der Waals surface area contributed by atoms with E-state index in [0.717, 1.165) is 8.80 Å². The molecule has 0 amide bonds. The van der Waals surface area contributed by atoms with Crippen molar-refractivity contribution in [2.24, 2.45) is 0 Å². The van der Waals surface area contributed by atoms with Crippen LogP contribution in [0.1, 0.15) is 6.92 Å². The Morgan fingerprint density at radius 3 is 1.83 bits per heavy atom. The average Bonchev–Trinajstić information content (AvgIpc) is 1.87. The van der Waals surface area contributed by atoms with Gasteiger partial charge in [0, 0.05) is 15.7 Å². The van der Waals surface area contributed by atoms with Crippen LogP contribution in [0.5, 0.6) is 0 Å². The van der Waals surface area contributed by atoms with Gasteiger partial charge in [-0.25, -0.2) is 0 Å². The number of rotatable bonds is 2. The molecule has 0 rings (SSSR count). The Kier molecular flexibility index (Phi) is 9.95. The maximum absolute atomic E-state index is 9.88. The first-order valence-corrected chi connectivity index (χ1v) is 13.5. The van der Waals surface area contributed by atoms with Gasteiger partial charge in [0.2, 0.25) is 0 Å². The number of hydrogen-bond acceptors (Lipinski definition) is 3. The van der Waals surface area contributed by atoms with Crippen LogP contribution in [0, 0.1) is 7.11 Å². The van der Waals surface area contributed by atoms with E-state index in [1.54, 1.807) is 0 Å². The molecule has 0 aliphatic carbocycles. The Hall–Kier alpha value is 0.396. The zero-order valence-electron chi connectivity index (χ0n) is 8.64. The van der Waals surface area contributed by atoms with Gasteiger partial charge in [-0.2, -0.15) is 0 Å². The highest BCUT2D eigenvalue weighted by Crippen LogP contribution is 1.98. The van der Waals surface area contributed by atoms with Crippen LogP contribution in [0.25, 0.3) is 0 Å². The molecule has 0 spiro atoms. The first kappa shape index (κ1) is 14.9. The van der Waals surface area contributed by atoms with Crippen LogP contribution in [0.2, 0.25) is 19.6 Å². The van der Waals surface area contributed by atoms with Gasteiger partial charge < -0.3 is 8.21 Å². The molecule has 1 radical (unpaired) electrons. The van der Waals surface area contributed by atoms with Crippen LogP contribution in [-0.4, -0.2) is 38.0 Å². The fourth-order valence-corrected chi connectivity index (χ4v) is 1.83. The molecule has 12 heavy (non-hydrogen) atoms. The summed E-state index contributed by atoms with van der Waals surface area (Å²) in [5.41, 5.74) is 0. The lowest BCUT2D eigenvalue weighted by Gasteiger charge is -2.10. The Balaban J connectivity index is 0. The molecule has 0 saturated heterocycles. The molecule has 0 N–H and O–H groups in total. The first-order chi connectivity index (χ1) is 5.33. The third-order valence-corrected chi connectivity index (χ3v) is 3.21. The number of carbonyl (C=O) groups is 1. The van der Waals surface area contributed by atoms with E-state index in [0.29, 0.717) is 0 Å². The third-order valence-electron chi connectivity index (χ3n) is 0.781. The second kappa shape index (κ2) is 8.02. The summed E-state index contributed by atoms with van der Waals surface area (Å²) in [6, 6.07) is 0. The summed E-state index contributed by atoms with van der Waals surface area (Å²) >= 11 is -0.344. The average molecular weight is 221 g/mol. The second-order valence-corrected chi connectivity index (χ2v) is 10.3. The molecule has 0 heterocycles. The summed E-state index contributed by atoms with van der Waals surface area (Å²) in [6.45, 7) is 7.74. The fourth-order valence-electron chi connectivity index (χ4n) is 0.203. The van der Waals surface area contributed by atoms with Gasteiger partial charge in [-0.3, -0.25) is 4.79 Å². The SMILES string of the molecule is CC(=O)[O][AlH][SiH3].[CH2]O[Si](C)(C)C. The molecule has 0 aliphatic rings. The Bertz CT molecular complexity index is 124. The van der Waals surface area contributed by atoms with Gasteiger partial charge in [-0.15, -0.1) is 0 Å². The normalized spacial score (nSPS) is 9.75. The van der Waals surface area contributed by atoms with Crippen LogP contribution in [0.3, 0.4) is 0 Å². The molecule has 0 fully saturated rings. The predicted octanol–water partition coefficient (Wildman–Crippen LogP) is -0.189. The molecule has 0 aliphatic heterocycles. The summed E-state index contributed by atoms with van der Waals surface area (Å²) in [5, 5.41) is 0. The molecular weight excluding hydrogens is 203 g/mol. The standard InChI is InChI=1S/C4H11OSi.C2H4O2.Al.H3Si.H/c1-5-6(2,3)4;1-2(3)4;;;/h1H2,2-4H3;1H3,(H,3,4);;1H3;/q;;+1;;/p-1. The lowest BCUT2D eigenvalue weighted by atomic mass is 10.9. The lowest BCUT2D eigenvalue weighted by Crippen LogP contribution is -2.21. The molecule has 71 valence electrons. The van der Waals surface area contributed by atoms with Gasteiger partial charge in [0.1, 0.15) is 0 Å². The zero-order valence-corrected chi connectivity index (χ0v) is 13.1. The molecular formula is C6H18AlO3Si2. The van der Waals surface area contributed by atoms with Crippen molar-refractivity contribution in [3.63, 3.8) is 0 Å². The molecule has 0 unspecified atom stereocenters. The van der Waals surface area contributed by atoms with Crippen molar-refractivity contribution in [2.45, 2.75) is 26.6 Å². The highest BCUT2D eigenvalue weighted by molar-refractivity contribution is 6.86. The quantitative estimate of drug-likeness (QED) is 0.606. The second-order valence-electron chi connectivity index (χ2n) is 3.18. The summed E-state index contributed by atoms with van der Waals surface area (Å²) in [7, 11) is 3.16. The minimum Gasteiger partial charge on any atom is -0.622 e. The van der Waals surface area contributed by atoms with E-state index in [1.807, 2.05) is 0 Å². The van der Waals surface area contributed by atoms with Gasteiger partial charge in [-0.1, -0.05) is 0 Å². The van der Waals surface area contributed by atoms with Crippen LogP contribution < -0.4 is 0 Å². The van der Waals surface area contributed by atoms with Crippen molar-refractivity contribution < 1.29 is 13.0 Å². The van der Waals surface area contributed by atoms with E-state index in [-0.39, 0.29) is 20.9 Å². The first-order valence-electron chi connectivity index (χ1n) is 3.90. The molecule has 3 nitrogen and oxygen atoms in total. The van der Waals surface area contributed by atoms with E-state index < -0.39 is 8.32 Å². The van der Waals surface area contributed by atoms with Crippen molar-refractivity contribution in [3.8, 4) is 0 Å². The van der Waals surface area contributed by atoms with Gasteiger partial charge in [-0.05, 0) is 19.6 Å². The molecule has 0 atom stereocenters. The van der Waals surface area contributed by atoms with Crippen LogP contribution >= 0.6 is 0 Å². The Labute approximate surface area is 84.9 Å². The maximum atomic E-state index is 9.88. The zero-order chi connectivity index (χ0) is 10.2. The molecule has 0 saturated carbocycles. The Morgan fingerprint density at radius 2 is 1.83 bits per heavy atom. The van der Waals surface area contributed by atoms with Gasteiger partial charge in [0.25, 0.3) is 5.97 Å². The molecule has 0 aromatic rings. The summed E-state index contributed by atoms with van der Waals surface area (Å²) < 4.78 is 9.43. The van der Waals surface area contributed by atoms with E-state index in [2.05, 4.69) is 30.5 Å². The topological polar surface area (TPSA) is 35.5 Å². The summed E-state index contributed by atoms with van der Waals surface area (Å²) in [5.74, 6) is -0.114. The van der Waals surface area contributed by atoms with Crippen molar-refractivity contribution in [3.05, 3.63) is 7.11 Å².